The highest BCUT2D eigenvalue weighted by molar-refractivity contribution is 5.68. The summed E-state index contributed by atoms with van der Waals surface area (Å²) in [4.78, 5) is 13.7. The lowest BCUT2D eigenvalue weighted by Crippen LogP contribution is -2.47. The van der Waals surface area contributed by atoms with Crippen molar-refractivity contribution in [2.75, 3.05) is 19.8 Å². The van der Waals surface area contributed by atoms with Crippen molar-refractivity contribution in [3.05, 3.63) is 0 Å². The molecule has 4 heteroatoms. The second-order valence-electron chi connectivity index (χ2n) is 4.35. The Labute approximate surface area is 97.9 Å². The number of hydrogen-bond donors (Lipinski definition) is 0. The largest absolute Gasteiger partial charge is 0.447 e. The van der Waals surface area contributed by atoms with Crippen LogP contribution in [-0.4, -0.2) is 42.9 Å². The number of carbonyl (C=O) groups excluding carboxylic acids is 1. The topological polar surface area (TPSA) is 38.8 Å². The summed E-state index contributed by atoms with van der Waals surface area (Å²) in [5.41, 5.74) is 0. The molecule has 0 saturated carbocycles. The lowest BCUT2D eigenvalue weighted by atomic mass is 9.98. The quantitative estimate of drug-likeness (QED) is 0.695. The average Bonchev–Trinajstić information content (AvgIpc) is 2.24. The maximum absolute atomic E-state index is 11.8. The van der Waals surface area contributed by atoms with Gasteiger partial charge in [0.05, 0.1) is 6.61 Å². The minimum Gasteiger partial charge on any atom is -0.447 e. The molecule has 1 fully saturated rings. The average molecular weight is 229 g/mol. The normalized spacial score (nSPS) is 25.6. The fourth-order valence-corrected chi connectivity index (χ4v) is 2.19. The molecule has 94 valence electrons. The standard InChI is InChI=1S/C12H23NO3/c1-4-15-8-9-16-12(14)13-10(2)6-5-7-11(13)3/h10-11H,4-9H2,1-3H3. The van der Waals surface area contributed by atoms with Crippen LogP contribution in [0.15, 0.2) is 0 Å². The van der Waals surface area contributed by atoms with E-state index in [1.807, 2.05) is 11.8 Å². The van der Waals surface area contributed by atoms with Crippen LogP contribution in [0, 0.1) is 0 Å². The highest BCUT2D eigenvalue weighted by Crippen LogP contribution is 2.22. The molecule has 1 rings (SSSR count). The van der Waals surface area contributed by atoms with E-state index in [4.69, 9.17) is 9.47 Å². The number of ether oxygens (including phenoxy) is 2. The van der Waals surface area contributed by atoms with E-state index in [0.29, 0.717) is 31.9 Å². The Balaban J connectivity index is 2.33. The van der Waals surface area contributed by atoms with Crippen LogP contribution in [0.5, 0.6) is 0 Å². The maximum atomic E-state index is 11.8. The number of hydrogen-bond acceptors (Lipinski definition) is 3. The maximum Gasteiger partial charge on any atom is 0.410 e. The van der Waals surface area contributed by atoms with Gasteiger partial charge in [-0.25, -0.2) is 4.79 Å². The molecular formula is C12H23NO3. The van der Waals surface area contributed by atoms with Crippen LogP contribution in [0.4, 0.5) is 4.79 Å². The number of carbonyl (C=O) groups is 1. The van der Waals surface area contributed by atoms with Crippen molar-refractivity contribution in [1.82, 2.24) is 4.90 Å². The first kappa shape index (κ1) is 13.3. The van der Waals surface area contributed by atoms with Gasteiger partial charge in [0.1, 0.15) is 6.61 Å². The molecule has 0 aromatic rings. The van der Waals surface area contributed by atoms with Gasteiger partial charge in [0, 0.05) is 18.7 Å². The molecule has 1 aliphatic heterocycles. The van der Waals surface area contributed by atoms with E-state index in [9.17, 15) is 4.79 Å². The fourth-order valence-electron chi connectivity index (χ4n) is 2.19. The van der Waals surface area contributed by atoms with Gasteiger partial charge in [-0.05, 0) is 40.0 Å². The molecule has 1 aliphatic rings. The minimum absolute atomic E-state index is 0.195. The van der Waals surface area contributed by atoms with Gasteiger partial charge in [-0.15, -0.1) is 0 Å². The van der Waals surface area contributed by atoms with E-state index in [-0.39, 0.29) is 6.09 Å². The van der Waals surface area contributed by atoms with Crippen molar-refractivity contribution in [3.63, 3.8) is 0 Å². The Morgan fingerprint density at radius 1 is 1.25 bits per heavy atom. The van der Waals surface area contributed by atoms with E-state index in [1.165, 1.54) is 6.42 Å². The van der Waals surface area contributed by atoms with E-state index in [2.05, 4.69) is 13.8 Å². The van der Waals surface area contributed by atoms with Crippen molar-refractivity contribution >= 4 is 6.09 Å². The van der Waals surface area contributed by atoms with Gasteiger partial charge >= 0.3 is 6.09 Å². The predicted octanol–water partition coefficient (Wildman–Crippen LogP) is 2.42. The first-order valence-electron chi connectivity index (χ1n) is 6.19. The zero-order valence-corrected chi connectivity index (χ0v) is 10.6. The van der Waals surface area contributed by atoms with Gasteiger partial charge in [0.2, 0.25) is 0 Å². The lowest BCUT2D eigenvalue weighted by molar-refractivity contribution is 0.0327. The van der Waals surface area contributed by atoms with Crippen LogP contribution >= 0.6 is 0 Å². The second kappa shape index (κ2) is 6.74. The van der Waals surface area contributed by atoms with Gasteiger partial charge in [0.15, 0.2) is 0 Å². The number of nitrogens with zero attached hydrogens (tertiary/aromatic N) is 1. The van der Waals surface area contributed by atoms with Gasteiger partial charge in [-0.2, -0.15) is 0 Å². The van der Waals surface area contributed by atoms with Crippen molar-refractivity contribution in [1.29, 1.82) is 0 Å². The Hall–Kier alpha value is -0.770. The first-order chi connectivity index (χ1) is 7.66. The molecule has 0 N–H and O–H groups in total. The van der Waals surface area contributed by atoms with E-state index in [1.54, 1.807) is 0 Å². The van der Waals surface area contributed by atoms with Crippen molar-refractivity contribution in [3.8, 4) is 0 Å². The summed E-state index contributed by atoms with van der Waals surface area (Å²) in [5.74, 6) is 0. The SMILES string of the molecule is CCOCCOC(=O)N1C(C)CCCC1C. The van der Waals surface area contributed by atoms with Gasteiger partial charge in [-0.3, -0.25) is 0 Å². The number of amides is 1. The summed E-state index contributed by atoms with van der Waals surface area (Å²) in [7, 11) is 0. The zero-order valence-electron chi connectivity index (χ0n) is 10.6. The van der Waals surface area contributed by atoms with E-state index < -0.39 is 0 Å². The van der Waals surface area contributed by atoms with Crippen LogP contribution in [0.2, 0.25) is 0 Å². The van der Waals surface area contributed by atoms with Crippen LogP contribution in [0.3, 0.4) is 0 Å². The molecule has 1 amide bonds. The van der Waals surface area contributed by atoms with E-state index in [0.717, 1.165) is 12.8 Å². The summed E-state index contributed by atoms with van der Waals surface area (Å²) >= 11 is 0. The fraction of sp³-hybridized carbons (Fsp3) is 0.917. The van der Waals surface area contributed by atoms with E-state index >= 15 is 0 Å². The molecule has 0 radical (unpaired) electrons. The molecule has 0 aliphatic carbocycles. The summed E-state index contributed by atoms with van der Waals surface area (Å²) in [6.07, 6.45) is 3.15. The van der Waals surface area contributed by atoms with Crippen LogP contribution in [0.1, 0.15) is 40.0 Å². The zero-order chi connectivity index (χ0) is 12.0. The Bertz CT molecular complexity index is 210. The van der Waals surface area contributed by atoms with Gasteiger partial charge < -0.3 is 14.4 Å². The lowest BCUT2D eigenvalue weighted by Gasteiger charge is -2.37. The number of piperidine rings is 1. The minimum atomic E-state index is -0.195. The van der Waals surface area contributed by atoms with Gasteiger partial charge in [0.25, 0.3) is 0 Å². The Morgan fingerprint density at radius 2 is 1.88 bits per heavy atom. The highest BCUT2D eigenvalue weighted by Gasteiger charge is 2.29. The summed E-state index contributed by atoms with van der Waals surface area (Å²) < 4.78 is 10.3. The molecule has 16 heavy (non-hydrogen) atoms. The third kappa shape index (κ3) is 3.67. The monoisotopic (exact) mass is 229 g/mol. The summed E-state index contributed by atoms with van der Waals surface area (Å²) in [6, 6.07) is 0.590. The molecule has 0 aromatic carbocycles. The van der Waals surface area contributed by atoms with Crippen molar-refractivity contribution < 1.29 is 14.3 Å². The molecule has 0 aromatic heterocycles. The third-order valence-electron chi connectivity index (χ3n) is 3.06. The number of likely N-dealkylation sites (tertiary alicyclic amines) is 1. The van der Waals surface area contributed by atoms with Crippen molar-refractivity contribution in [2.45, 2.75) is 52.1 Å². The summed E-state index contributed by atoms with van der Waals surface area (Å²) in [6.45, 7) is 7.59. The molecular weight excluding hydrogens is 206 g/mol. The highest BCUT2D eigenvalue weighted by atomic mass is 16.6. The van der Waals surface area contributed by atoms with Gasteiger partial charge in [-0.1, -0.05) is 0 Å². The smallest absolute Gasteiger partial charge is 0.410 e. The molecule has 4 nitrogen and oxygen atoms in total. The molecule has 0 bridgehead atoms. The third-order valence-corrected chi connectivity index (χ3v) is 3.06. The summed E-state index contributed by atoms with van der Waals surface area (Å²) in [5, 5.41) is 0. The Kier molecular flexibility index (Phi) is 5.60. The second-order valence-corrected chi connectivity index (χ2v) is 4.35. The molecule has 0 spiro atoms. The Morgan fingerprint density at radius 3 is 2.44 bits per heavy atom. The predicted molar refractivity (Wildman–Crippen MR) is 62.5 cm³/mol. The van der Waals surface area contributed by atoms with Crippen LogP contribution in [-0.2, 0) is 9.47 Å². The van der Waals surface area contributed by atoms with Crippen LogP contribution in [0.25, 0.3) is 0 Å². The molecule has 1 heterocycles. The molecule has 1 saturated heterocycles. The molecule has 2 atom stereocenters. The number of rotatable bonds is 4. The van der Waals surface area contributed by atoms with Crippen molar-refractivity contribution in [2.24, 2.45) is 0 Å². The first-order valence-corrected chi connectivity index (χ1v) is 6.19. The van der Waals surface area contributed by atoms with Crippen LogP contribution < -0.4 is 0 Å². The molecule has 2 unspecified atom stereocenters.